The third kappa shape index (κ3) is 5.69. The van der Waals surface area contributed by atoms with Crippen LogP contribution in [0.25, 0.3) is 87.7 Å². The number of thiophene rings is 1. The van der Waals surface area contributed by atoms with E-state index in [-0.39, 0.29) is 0 Å². The second-order valence-corrected chi connectivity index (χ2v) is 13.2. The highest BCUT2D eigenvalue weighted by atomic mass is 32.1. The van der Waals surface area contributed by atoms with E-state index < -0.39 is 0 Å². The summed E-state index contributed by atoms with van der Waals surface area (Å²) in [6.07, 6.45) is 0. The molecule has 0 saturated carbocycles. The number of hydrogen-bond acceptors (Lipinski definition) is 4. The first-order valence-corrected chi connectivity index (χ1v) is 17.2. The van der Waals surface area contributed by atoms with Gasteiger partial charge in [-0.2, -0.15) is 0 Å². The van der Waals surface area contributed by atoms with Gasteiger partial charge in [0.05, 0.1) is 0 Å². The summed E-state index contributed by atoms with van der Waals surface area (Å²) in [6.45, 7) is 0. The Bertz CT molecular complexity index is 2500. The minimum atomic E-state index is 0.667. The molecule has 0 aliphatic heterocycles. The molecule has 0 atom stereocenters. The van der Waals surface area contributed by atoms with E-state index in [4.69, 9.17) is 15.0 Å². The summed E-state index contributed by atoms with van der Waals surface area (Å²) in [4.78, 5) is 14.7. The van der Waals surface area contributed by atoms with Crippen molar-refractivity contribution >= 4 is 31.5 Å². The molecular weight excluding hydrogens is 615 g/mol. The van der Waals surface area contributed by atoms with Crippen LogP contribution in [-0.2, 0) is 0 Å². The Morgan fingerprint density at radius 1 is 0.265 bits per heavy atom. The van der Waals surface area contributed by atoms with E-state index in [1.54, 1.807) is 0 Å². The molecule has 9 aromatic rings. The molecule has 0 amide bonds. The maximum absolute atomic E-state index is 4.94. The quantitative estimate of drug-likeness (QED) is 0.181. The molecule has 0 unspecified atom stereocenters. The lowest BCUT2D eigenvalue weighted by molar-refractivity contribution is 1.07. The first-order chi connectivity index (χ1) is 24.2. The first-order valence-electron chi connectivity index (χ1n) is 16.4. The van der Waals surface area contributed by atoms with E-state index in [0.29, 0.717) is 17.5 Å². The maximum Gasteiger partial charge on any atom is 0.164 e. The molecule has 4 heteroatoms. The Morgan fingerprint density at radius 2 is 0.571 bits per heavy atom. The molecule has 0 fully saturated rings. The predicted octanol–water partition coefficient (Wildman–Crippen LogP) is 12.2. The van der Waals surface area contributed by atoms with Gasteiger partial charge in [0.1, 0.15) is 0 Å². The van der Waals surface area contributed by atoms with Crippen LogP contribution in [0.3, 0.4) is 0 Å². The minimum Gasteiger partial charge on any atom is -0.208 e. The van der Waals surface area contributed by atoms with Crippen LogP contribution in [0.1, 0.15) is 0 Å². The Hall–Kier alpha value is -6.23. The Balaban J connectivity index is 1.03. The predicted molar refractivity (Wildman–Crippen MR) is 205 cm³/mol. The molecule has 49 heavy (non-hydrogen) atoms. The molecule has 7 aromatic carbocycles. The number of benzene rings is 7. The van der Waals surface area contributed by atoms with Crippen molar-refractivity contribution in [2.24, 2.45) is 0 Å². The van der Waals surface area contributed by atoms with Crippen LogP contribution < -0.4 is 0 Å². The summed E-state index contributed by atoms with van der Waals surface area (Å²) in [6, 6.07) is 61.8. The van der Waals surface area contributed by atoms with E-state index in [1.165, 1.54) is 53.6 Å². The summed E-state index contributed by atoms with van der Waals surface area (Å²) < 4.78 is 2.47. The molecule has 0 aliphatic carbocycles. The molecule has 3 nitrogen and oxygen atoms in total. The zero-order valence-corrected chi connectivity index (χ0v) is 27.3. The lowest BCUT2D eigenvalue weighted by atomic mass is 9.98. The topological polar surface area (TPSA) is 38.7 Å². The molecule has 0 N–H and O–H groups in total. The van der Waals surface area contributed by atoms with Gasteiger partial charge in [-0.15, -0.1) is 11.3 Å². The standard InChI is InChI=1S/C45H29N3S/c1-4-10-30(11-5-1)31-16-18-32(19-17-31)33-20-22-34(23-21-33)37-24-26-39-40-27-25-38(29-42(40)49-41(39)28-37)45-47-43(35-12-6-2-7-13-35)46-44(48-45)36-14-8-3-9-15-36/h1-29H. The molecule has 0 aliphatic rings. The van der Waals surface area contributed by atoms with Crippen molar-refractivity contribution in [2.45, 2.75) is 0 Å². The Morgan fingerprint density at radius 3 is 1.02 bits per heavy atom. The monoisotopic (exact) mass is 643 g/mol. The van der Waals surface area contributed by atoms with E-state index in [9.17, 15) is 0 Å². The number of hydrogen-bond donors (Lipinski definition) is 0. The molecular formula is C45H29N3S. The number of fused-ring (bicyclic) bond motifs is 3. The van der Waals surface area contributed by atoms with Gasteiger partial charge < -0.3 is 0 Å². The summed E-state index contributed by atoms with van der Waals surface area (Å²) in [5.41, 5.74) is 10.2. The Labute approximate surface area is 288 Å². The maximum atomic E-state index is 4.94. The molecule has 0 saturated heterocycles. The van der Waals surface area contributed by atoms with Gasteiger partial charge in [0.25, 0.3) is 0 Å². The third-order valence-corrected chi connectivity index (χ3v) is 10.1. The zero-order valence-electron chi connectivity index (χ0n) is 26.5. The molecule has 0 spiro atoms. The highest BCUT2D eigenvalue weighted by molar-refractivity contribution is 7.25. The fourth-order valence-corrected chi connectivity index (χ4v) is 7.56. The van der Waals surface area contributed by atoms with Gasteiger partial charge in [-0.25, -0.2) is 15.0 Å². The van der Waals surface area contributed by atoms with Crippen LogP contribution in [0.15, 0.2) is 176 Å². The summed E-state index contributed by atoms with van der Waals surface area (Å²) in [7, 11) is 0. The fourth-order valence-electron chi connectivity index (χ4n) is 6.37. The van der Waals surface area contributed by atoms with Crippen molar-refractivity contribution in [3.05, 3.63) is 176 Å². The van der Waals surface area contributed by atoms with Crippen LogP contribution in [-0.4, -0.2) is 15.0 Å². The van der Waals surface area contributed by atoms with Gasteiger partial charge in [0, 0.05) is 36.9 Å². The average Bonchev–Trinajstić information content (AvgIpc) is 3.56. The largest absolute Gasteiger partial charge is 0.208 e. The highest BCUT2D eigenvalue weighted by Crippen LogP contribution is 2.39. The molecule has 0 radical (unpaired) electrons. The molecule has 0 bridgehead atoms. The fraction of sp³-hybridized carbons (Fsp3) is 0. The van der Waals surface area contributed by atoms with Crippen LogP contribution in [0.2, 0.25) is 0 Å². The minimum absolute atomic E-state index is 0.667. The third-order valence-electron chi connectivity index (χ3n) is 8.97. The van der Waals surface area contributed by atoms with Crippen LogP contribution in [0, 0.1) is 0 Å². The molecule has 2 heterocycles. The lowest BCUT2D eigenvalue weighted by Gasteiger charge is -2.08. The van der Waals surface area contributed by atoms with Crippen molar-refractivity contribution in [2.75, 3.05) is 0 Å². The van der Waals surface area contributed by atoms with Crippen LogP contribution >= 0.6 is 11.3 Å². The number of aromatic nitrogens is 3. The summed E-state index contributed by atoms with van der Waals surface area (Å²) >= 11 is 1.81. The Kier molecular flexibility index (Phi) is 7.34. The molecule has 9 rings (SSSR count). The van der Waals surface area contributed by atoms with Gasteiger partial charge in [0.2, 0.25) is 0 Å². The SMILES string of the molecule is c1ccc(-c2ccc(-c3ccc(-c4ccc5c(c4)sc4cc(-c6nc(-c7ccccc7)nc(-c7ccccc7)n6)ccc45)cc3)cc2)cc1. The van der Waals surface area contributed by atoms with Gasteiger partial charge in [0.15, 0.2) is 17.5 Å². The van der Waals surface area contributed by atoms with Crippen molar-refractivity contribution < 1.29 is 0 Å². The van der Waals surface area contributed by atoms with Gasteiger partial charge in [-0.05, 0) is 45.5 Å². The molecule has 230 valence electrons. The summed E-state index contributed by atoms with van der Waals surface area (Å²) in [5, 5.41) is 2.50. The van der Waals surface area contributed by atoms with E-state index in [1.807, 2.05) is 72.0 Å². The second-order valence-electron chi connectivity index (χ2n) is 12.1. The van der Waals surface area contributed by atoms with E-state index in [0.717, 1.165) is 16.7 Å². The normalized spacial score (nSPS) is 11.3. The summed E-state index contributed by atoms with van der Waals surface area (Å²) in [5.74, 6) is 2.00. The van der Waals surface area contributed by atoms with Gasteiger partial charge >= 0.3 is 0 Å². The van der Waals surface area contributed by atoms with E-state index >= 15 is 0 Å². The van der Waals surface area contributed by atoms with Crippen molar-refractivity contribution in [1.29, 1.82) is 0 Å². The highest BCUT2D eigenvalue weighted by Gasteiger charge is 2.14. The van der Waals surface area contributed by atoms with Gasteiger partial charge in [-0.3, -0.25) is 0 Å². The number of rotatable bonds is 6. The van der Waals surface area contributed by atoms with Crippen molar-refractivity contribution in [3.63, 3.8) is 0 Å². The van der Waals surface area contributed by atoms with Crippen LogP contribution in [0.4, 0.5) is 0 Å². The zero-order chi connectivity index (χ0) is 32.6. The van der Waals surface area contributed by atoms with E-state index in [2.05, 4.69) is 115 Å². The molecule has 2 aromatic heterocycles. The van der Waals surface area contributed by atoms with Crippen LogP contribution in [0.5, 0.6) is 0 Å². The smallest absolute Gasteiger partial charge is 0.164 e. The lowest BCUT2D eigenvalue weighted by Crippen LogP contribution is -1.99. The number of nitrogens with zero attached hydrogens (tertiary/aromatic N) is 3. The second kappa shape index (κ2) is 12.4. The first kappa shape index (κ1) is 29.0. The van der Waals surface area contributed by atoms with Gasteiger partial charge in [-0.1, -0.05) is 164 Å². The van der Waals surface area contributed by atoms with Crippen molar-refractivity contribution in [3.8, 4) is 67.5 Å². The van der Waals surface area contributed by atoms with Crippen molar-refractivity contribution in [1.82, 2.24) is 15.0 Å². The average molecular weight is 644 g/mol.